The first-order valence-electron chi connectivity index (χ1n) is 5.35. The van der Waals surface area contributed by atoms with Gasteiger partial charge in [0.15, 0.2) is 0 Å². The second-order valence-electron chi connectivity index (χ2n) is 3.90. The van der Waals surface area contributed by atoms with Gasteiger partial charge in [-0.3, -0.25) is 9.78 Å². The third-order valence-electron chi connectivity index (χ3n) is 2.64. The minimum absolute atomic E-state index is 0.0159. The number of carbonyl (C=O) groups is 1. The molecule has 0 bridgehead atoms. The van der Waals surface area contributed by atoms with Gasteiger partial charge in [0, 0.05) is 19.3 Å². The maximum atomic E-state index is 11.9. The Morgan fingerprint density at radius 2 is 1.93 bits per heavy atom. The predicted octanol–water partition coefficient (Wildman–Crippen LogP) is 1.41. The van der Waals surface area contributed by atoms with Crippen LogP contribution in [0.2, 0.25) is 0 Å². The first-order valence-corrected chi connectivity index (χ1v) is 5.35. The van der Waals surface area contributed by atoms with E-state index in [2.05, 4.69) is 9.97 Å². The van der Waals surface area contributed by atoms with E-state index in [-0.39, 0.29) is 5.91 Å². The van der Waals surface area contributed by atoms with Crippen molar-refractivity contribution in [3.8, 4) is 0 Å². The maximum Gasteiger partial charge on any atom is 0.274 e. The lowest BCUT2D eigenvalue weighted by Crippen LogP contribution is -2.36. The molecule has 4 nitrogen and oxygen atoms in total. The van der Waals surface area contributed by atoms with Crippen molar-refractivity contribution in [1.29, 1.82) is 0 Å². The number of carbonyl (C=O) groups excluding carboxylic acids is 1. The van der Waals surface area contributed by atoms with E-state index in [1.165, 1.54) is 6.42 Å². The Morgan fingerprint density at radius 1 is 1.20 bits per heavy atom. The fourth-order valence-corrected chi connectivity index (χ4v) is 1.76. The van der Waals surface area contributed by atoms with E-state index in [1.54, 1.807) is 12.4 Å². The van der Waals surface area contributed by atoms with E-state index in [4.69, 9.17) is 0 Å². The Labute approximate surface area is 89.3 Å². The van der Waals surface area contributed by atoms with Gasteiger partial charge in [0.2, 0.25) is 0 Å². The molecule has 1 aliphatic rings. The smallest absolute Gasteiger partial charge is 0.274 e. The Balaban J connectivity index is 2.09. The third kappa shape index (κ3) is 2.32. The van der Waals surface area contributed by atoms with Crippen molar-refractivity contribution in [2.45, 2.75) is 26.2 Å². The zero-order valence-electron chi connectivity index (χ0n) is 8.94. The van der Waals surface area contributed by atoms with Crippen LogP contribution in [0.3, 0.4) is 0 Å². The molecule has 1 fully saturated rings. The van der Waals surface area contributed by atoms with Crippen LogP contribution in [0.15, 0.2) is 12.4 Å². The van der Waals surface area contributed by atoms with Gasteiger partial charge in [0.25, 0.3) is 5.91 Å². The van der Waals surface area contributed by atoms with Crippen LogP contribution in [-0.4, -0.2) is 33.9 Å². The van der Waals surface area contributed by atoms with Crippen molar-refractivity contribution >= 4 is 5.91 Å². The molecular weight excluding hydrogens is 190 g/mol. The van der Waals surface area contributed by atoms with Crippen LogP contribution in [-0.2, 0) is 0 Å². The molecule has 0 atom stereocenters. The zero-order chi connectivity index (χ0) is 10.7. The number of nitrogens with zero attached hydrogens (tertiary/aromatic N) is 3. The average molecular weight is 205 g/mol. The van der Waals surface area contributed by atoms with Gasteiger partial charge in [-0.15, -0.1) is 0 Å². The van der Waals surface area contributed by atoms with E-state index in [0.717, 1.165) is 31.6 Å². The van der Waals surface area contributed by atoms with E-state index in [9.17, 15) is 4.79 Å². The molecule has 1 aliphatic heterocycles. The monoisotopic (exact) mass is 205 g/mol. The summed E-state index contributed by atoms with van der Waals surface area (Å²) in [5.41, 5.74) is 1.30. The van der Waals surface area contributed by atoms with Crippen molar-refractivity contribution in [1.82, 2.24) is 14.9 Å². The molecule has 1 aromatic rings. The second kappa shape index (κ2) is 4.38. The summed E-state index contributed by atoms with van der Waals surface area (Å²) in [5.74, 6) is 0.0159. The van der Waals surface area contributed by atoms with E-state index in [0.29, 0.717) is 5.69 Å². The summed E-state index contributed by atoms with van der Waals surface area (Å²) in [6.07, 6.45) is 6.63. The van der Waals surface area contributed by atoms with Gasteiger partial charge in [0.1, 0.15) is 5.69 Å². The predicted molar refractivity (Wildman–Crippen MR) is 56.5 cm³/mol. The lowest BCUT2D eigenvalue weighted by atomic mass is 10.1. The van der Waals surface area contributed by atoms with Crippen LogP contribution in [0.4, 0.5) is 0 Å². The number of piperidine rings is 1. The molecule has 80 valence electrons. The Kier molecular flexibility index (Phi) is 2.94. The normalized spacial score (nSPS) is 16.5. The number of rotatable bonds is 1. The fraction of sp³-hybridized carbons (Fsp3) is 0.545. The molecule has 0 unspecified atom stereocenters. The summed E-state index contributed by atoms with van der Waals surface area (Å²) in [6, 6.07) is 0. The van der Waals surface area contributed by atoms with Crippen LogP contribution >= 0.6 is 0 Å². The molecule has 1 saturated heterocycles. The number of likely N-dealkylation sites (tertiary alicyclic amines) is 1. The number of aryl methyl sites for hydroxylation is 1. The molecule has 0 N–H and O–H groups in total. The Bertz CT molecular complexity index is 341. The van der Waals surface area contributed by atoms with Crippen LogP contribution in [0, 0.1) is 6.92 Å². The minimum atomic E-state index is 0.0159. The highest BCUT2D eigenvalue weighted by atomic mass is 16.2. The first kappa shape index (κ1) is 10.1. The van der Waals surface area contributed by atoms with Crippen molar-refractivity contribution in [2.24, 2.45) is 0 Å². The highest BCUT2D eigenvalue weighted by molar-refractivity contribution is 5.92. The highest BCUT2D eigenvalue weighted by Gasteiger charge is 2.18. The van der Waals surface area contributed by atoms with Gasteiger partial charge in [-0.1, -0.05) is 0 Å². The number of amides is 1. The molecule has 0 radical (unpaired) electrons. The van der Waals surface area contributed by atoms with E-state index < -0.39 is 0 Å². The van der Waals surface area contributed by atoms with E-state index >= 15 is 0 Å². The minimum Gasteiger partial charge on any atom is -0.337 e. The van der Waals surface area contributed by atoms with Gasteiger partial charge < -0.3 is 4.90 Å². The standard InChI is InChI=1S/C11H15N3O/c1-9-7-13-10(8-12-9)11(15)14-5-3-2-4-6-14/h7-8H,2-6H2,1H3. The van der Waals surface area contributed by atoms with E-state index in [1.807, 2.05) is 11.8 Å². The summed E-state index contributed by atoms with van der Waals surface area (Å²) in [6.45, 7) is 3.57. The van der Waals surface area contributed by atoms with Crippen molar-refractivity contribution < 1.29 is 4.79 Å². The molecule has 15 heavy (non-hydrogen) atoms. The van der Waals surface area contributed by atoms with Gasteiger partial charge >= 0.3 is 0 Å². The number of hydrogen-bond donors (Lipinski definition) is 0. The zero-order valence-corrected chi connectivity index (χ0v) is 8.94. The second-order valence-corrected chi connectivity index (χ2v) is 3.90. The van der Waals surface area contributed by atoms with Gasteiger partial charge in [-0.05, 0) is 26.2 Å². The Hall–Kier alpha value is -1.45. The first-order chi connectivity index (χ1) is 7.27. The molecule has 2 heterocycles. The Morgan fingerprint density at radius 3 is 2.53 bits per heavy atom. The number of aromatic nitrogens is 2. The fourth-order valence-electron chi connectivity index (χ4n) is 1.76. The number of hydrogen-bond acceptors (Lipinski definition) is 3. The van der Waals surface area contributed by atoms with Crippen LogP contribution in [0.5, 0.6) is 0 Å². The van der Waals surface area contributed by atoms with Crippen molar-refractivity contribution in [3.63, 3.8) is 0 Å². The average Bonchev–Trinajstić information content (AvgIpc) is 2.30. The molecule has 0 aliphatic carbocycles. The quantitative estimate of drug-likeness (QED) is 0.696. The third-order valence-corrected chi connectivity index (χ3v) is 2.64. The SMILES string of the molecule is Cc1cnc(C(=O)N2CCCCC2)cn1. The summed E-state index contributed by atoms with van der Waals surface area (Å²) in [4.78, 5) is 22.0. The molecule has 1 amide bonds. The summed E-state index contributed by atoms with van der Waals surface area (Å²) < 4.78 is 0. The lowest BCUT2D eigenvalue weighted by molar-refractivity contribution is 0.0718. The molecule has 4 heteroatoms. The molecule has 2 rings (SSSR count). The van der Waals surface area contributed by atoms with Gasteiger partial charge in [-0.25, -0.2) is 4.98 Å². The summed E-state index contributed by atoms with van der Waals surface area (Å²) in [7, 11) is 0. The molecule has 1 aromatic heterocycles. The van der Waals surface area contributed by atoms with Crippen molar-refractivity contribution in [3.05, 3.63) is 23.8 Å². The maximum absolute atomic E-state index is 11.9. The van der Waals surface area contributed by atoms with Gasteiger partial charge in [-0.2, -0.15) is 0 Å². The topological polar surface area (TPSA) is 46.1 Å². The van der Waals surface area contributed by atoms with Crippen LogP contribution in [0.25, 0.3) is 0 Å². The summed E-state index contributed by atoms with van der Waals surface area (Å²) in [5, 5.41) is 0. The van der Waals surface area contributed by atoms with Gasteiger partial charge in [0.05, 0.1) is 11.9 Å². The lowest BCUT2D eigenvalue weighted by Gasteiger charge is -2.26. The van der Waals surface area contributed by atoms with Crippen LogP contribution in [0.1, 0.15) is 35.4 Å². The molecule has 0 saturated carbocycles. The highest BCUT2D eigenvalue weighted by Crippen LogP contribution is 2.11. The molecule has 0 aromatic carbocycles. The molecular formula is C11H15N3O. The van der Waals surface area contributed by atoms with Crippen LogP contribution < -0.4 is 0 Å². The summed E-state index contributed by atoms with van der Waals surface area (Å²) >= 11 is 0. The molecule has 0 spiro atoms. The van der Waals surface area contributed by atoms with Crippen molar-refractivity contribution in [2.75, 3.05) is 13.1 Å². The largest absolute Gasteiger partial charge is 0.337 e.